The number of sulfonamides is 1. The van der Waals surface area contributed by atoms with Gasteiger partial charge in [0.2, 0.25) is 0 Å². The van der Waals surface area contributed by atoms with E-state index in [9.17, 15) is 18.3 Å². The highest BCUT2D eigenvalue weighted by Gasteiger charge is 2.35. The second-order valence-electron chi connectivity index (χ2n) is 7.33. The van der Waals surface area contributed by atoms with E-state index in [1.165, 1.54) is 54.6 Å². The lowest BCUT2D eigenvalue weighted by molar-refractivity contribution is 0.102. The molecule has 1 atom stereocenters. The number of nitrogens with one attached hydrogen (secondary N) is 1. The number of nitriles is 1. The molecule has 1 aliphatic heterocycles. The van der Waals surface area contributed by atoms with Crippen molar-refractivity contribution in [1.82, 2.24) is 0 Å². The van der Waals surface area contributed by atoms with Crippen molar-refractivity contribution in [2.45, 2.75) is 11.0 Å². The molecule has 1 amide bonds. The molecule has 0 bridgehead atoms. The third-order valence-corrected chi connectivity index (χ3v) is 7.50. The number of aliphatic hydroxyl groups excluding tert-OH is 1. The standard InChI is InChI=1S/C23H17Cl2N3O5S/c24-18-5-2-6-19(25)22(18)23(30)27-15-7-8-21-20(10-15)28(12-16(13-29)33-21)34(31,32)17-4-1-3-14(9-17)11-26/h1-10,16,29H,12-13H2,(H,27,30)/t16-/m1/s1. The van der Waals surface area contributed by atoms with E-state index in [2.05, 4.69) is 5.32 Å². The topological polar surface area (TPSA) is 120 Å². The average molecular weight is 518 g/mol. The number of ether oxygens (including phenoxy) is 1. The highest BCUT2D eigenvalue weighted by Crippen LogP contribution is 2.39. The van der Waals surface area contributed by atoms with Crippen LogP contribution < -0.4 is 14.4 Å². The third kappa shape index (κ3) is 4.54. The Morgan fingerprint density at radius 1 is 1.15 bits per heavy atom. The summed E-state index contributed by atoms with van der Waals surface area (Å²) in [6.07, 6.45) is -0.802. The molecule has 0 unspecified atom stereocenters. The number of amides is 1. The zero-order valence-electron chi connectivity index (χ0n) is 17.4. The Kier molecular flexibility index (Phi) is 6.68. The first kappa shape index (κ1) is 23.9. The van der Waals surface area contributed by atoms with Crippen LogP contribution in [-0.2, 0) is 10.0 Å². The van der Waals surface area contributed by atoms with E-state index in [1.807, 2.05) is 6.07 Å². The fraction of sp³-hybridized carbons (Fsp3) is 0.130. The van der Waals surface area contributed by atoms with E-state index in [1.54, 1.807) is 6.07 Å². The van der Waals surface area contributed by atoms with Gasteiger partial charge in [-0.2, -0.15) is 5.26 Å². The monoisotopic (exact) mass is 517 g/mol. The SMILES string of the molecule is N#Cc1cccc(S(=O)(=O)N2C[C@H](CO)Oc3ccc(NC(=O)c4c(Cl)cccc4Cl)cc32)c1. The van der Waals surface area contributed by atoms with Gasteiger partial charge < -0.3 is 15.2 Å². The van der Waals surface area contributed by atoms with Gasteiger partial charge in [0.25, 0.3) is 15.9 Å². The van der Waals surface area contributed by atoms with Gasteiger partial charge in [-0.15, -0.1) is 0 Å². The normalized spacial score (nSPS) is 15.1. The highest BCUT2D eigenvalue weighted by molar-refractivity contribution is 7.92. The predicted octanol–water partition coefficient (Wildman–Crippen LogP) is 4.07. The molecule has 3 aromatic rings. The van der Waals surface area contributed by atoms with Crippen LogP contribution in [0.25, 0.3) is 0 Å². The van der Waals surface area contributed by atoms with Gasteiger partial charge in [-0.1, -0.05) is 35.3 Å². The van der Waals surface area contributed by atoms with Crippen molar-refractivity contribution >= 4 is 50.5 Å². The first-order valence-electron chi connectivity index (χ1n) is 9.94. The minimum absolute atomic E-state index is 0.0814. The summed E-state index contributed by atoms with van der Waals surface area (Å²) in [7, 11) is -4.13. The molecule has 1 heterocycles. The molecule has 1 aliphatic rings. The van der Waals surface area contributed by atoms with Gasteiger partial charge in [-0.3, -0.25) is 9.10 Å². The molecule has 3 aromatic carbocycles. The Bertz CT molecular complexity index is 1400. The molecule has 34 heavy (non-hydrogen) atoms. The fourth-order valence-corrected chi connectivity index (χ4v) is 5.59. The summed E-state index contributed by atoms with van der Waals surface area (Å²) in [5, 5.41) is 21.8. The summed E-state index contributed by atoms with van der Waals surface area (Å²) in [6.45, 7) is -0.580. The summed E-state index contributed by atoms with van der Waals surface area (Å²) < 4.78 is 33.8. The summed E-state index contributed by atoms with van der Waals surface area (Å²) in [6, 6.07) is 16.7. The second kappa shape index (κ2) is 9.52. The van der Waals surface area contributed by atoms with E-state index in [4.69, 9.17) is 33.2 Å². The Labute approximate surface area is 206 Å². The Hall–Kier alpha value is -3.29. The maximum atomic E-state index is 13.5. The van der Waals surface area contributed by atoms with Crippen LogP contribution in [0.4, 0.5) is 11.4 Å². The van der Waals surface area contributed by atoms with Gasteiger partial charge in [0.05, 0.1) is 51.0 Å². The van der Waals surface area contributed by atoms with Crippen molar-refractivity contribution in [2.24, 2.45) is 0 Å². The van der Waals surface area contributed by atoms with Crippen LogP contribution >= 0.6 is 23.2 Å². The molecule has 0 spiro atoms. The quantitative estimate of drug-likeness (QED) is 0.526. The maximum absolute atomic E-state index is 13.5. The number of benzene rings is 3. The molecule has 11 heteroatoms. The second-order valence-corrected chi connectivity index (χ2v) is 10.0. The molecule has 0 saturated heterocycles. The molecule has 0 radical (unpaired) electrons. The molecule has 8 nitrogen and oxygen atoms in total. The van der Waals surface area contributed by atoms with E-state index < -0.39 is 28.6 Å². The highest BCUT2D eigenvalue weighted by atomic mass is 35.5. The largest absolute Gasteiger partial charge is 0.484 e. The molecular formula is C23H17Cl2N3O5S. The number of halogens is 2. The van der Waals surface area contributed by atoms with Crippen LogP contribution in [0.3, 0.4) is 0 Å². The number of hydrogen-bond acceptors (Lipinski definition) is 6. The van der Waals surface area contributed by atoms with Crippen LogP contribution in [-0.4, -0.2) is 38.7 Å². The third-order valence-electron chi connectivity index (χ3n) is 5.09. The van der Waals surface area contributed by atoms with Crippen LogP contribution in [0.1, 0.15) is 15.9 Å². The number of rotatable bonds is 5. The Morgan fingerprint density at radius 2 is 1.85 bits per heavy atom. The minimum atomic E-state index is -4.13. The smallest absolute Gasteiger partial charge is 0.264 e. The molecular weight excluding hydrogens is 501 g/mol. The van der Waals surface area contributed by atoms with E-state index in [-0.39, 0.29) is 49.7 Å². The lowest BCUT2D eigenvalue weighted by Gasteiger charge is -2.35. The molecule has 0 fully saturated rings. The first-order chi connectivity index (χ1) is 16.2. The minimum Gasteiger partial charge on any atom is -0.484 e. The number of nitrogens with zero attached hydrogens (tertiary/aromatic N) is 2. The van der Waals surface area contributed by atoms with Crippen molar-refractivity contribution in [1.29, 1.82) is 5.26 Å². The first-order valence-corrected chi connectivity index (χ1v) is 12.1. The Morgan fingerprint density at radius 3 is 2.53 bits per heavy atom. The zero-order chi connectivity index (χ0) is 24.5. The zero-order valence-corrected chi connectivity index (χ0v) is 19.7. The number of aliphatic hydroxyl groups is 1. The van der Waals surface area contributed by atoms with Gasteiger partial charge in [-0.25, -0.2) is 8.42 Å². The van der Waals surface area contributed by atoms with E-state index in [0.717, 1.165) is 4.31 Å². The molecule has 4 rings (SSSR count). The molecule has 0 aromatic heterocycles. The van der Waals surface area contributed by atoms with Crippen LogP contribution in [0, 0.1) is 11.3 Å². The lowest BCUT2D eigenvalue weighted by Crippen LogP contribution is -2.45. The van der Waals surface area contributed by atoms with Gasteiger partial charge in [0.15, 0.2) is 0 Å². The summed E-state index contributed by atoms with van der Waals surface area (Å²) in [5.74, 6) is -0.365. The summed E-state index contributed by atoms with van der Waals surface area (Å²) in [5.41, 5.74) is 0.704. The number of carbonyl (C=O) groups is 1. The predicted molar refractivity (Wildman–Crippen MR) is 128 cm³/mol. The van der Waals surface area contributed by atoms with Crippen molar-refractivity contribution < 1.29 is 23.1 Å². The number of carbonyl (C=O) groups excluding carboxylic acids is 1. The number of hydrogen-bond donors (Lipinski definition) is 2. The maximum Gasteiger partial charge on any atom is 0.264 e. The molecule has 0 aliphatic carbocycles. The van der Waals surface area contributed by atoms with E-state index in [0.29, 0.717) is 0 Å². The fourth-order valence-electron chi connectivity index (χ4n) is 3.47. The van der Waals surface area contributed by atoms with Crippen molar-refractivity contribution in [3.8, 4) is 11.8 Å². The Balaban J connectivity index is 1.74. The van der Waals surface area contributed by atoms with Crippen molar-refractivity contribution in [3.63, 3.8) is 0 Å². The summed E-state index contributed by atoms with van der Waals surface area (Å²) >= 11 is 12.2. The van der Waals surface area contributed by atoms with Gasteiger partial charge in [0.1, 0.15) is 11.9 Å². The lowest BCUT2D eigenvalue weighted by atomic mass is 10.1. The number of anilines is 2. The molecule has 0 saturated carbocycles. The van der Waals surface area contributed by atoms with Crippen molar-refractivity contribution in [3.05, 3.63) is 81.8 Å². The van der Waals surface area contributed by atoms with Gasteiger partial charge >= 0.3 is 0 Å². The molecule has 2 N–H and O–H groups in total. The van der Waals surface area contributed by atoms with E-state index >= 15 is 0 Å². The number of fused-ring (bicyclic) bond motifs is 1. The van der Waals surface area contributed by atoms with Crippen LogP contribution in [0.15, 0.2) is 65.6 Å². The summed E-state index contributed by atoms with van der Waals surface area (Å²) in [4.78, 5) is 12.7. The van der Waals surface area contributed by atoms with Crippen LogP contribution in [0.5, 0.6) is 5.75 Å². The van der Waals surface area contributed by atoms with Crippen LogP contribution in [0.2, 0.25) is 10.0 Å². The molecule has 174 valence electrons. The van der Waals surface area contributed by atoms with Gasteiger partial charge in [0, 0.05) is 5.69 Å². The average Bonchev–Trinajstić information content (AvgIpc) is 2.83. The van der Waals surface area contributed by atoms with Crippen molar-refractivity contribution in [2.75, 3.05) is 22.8 Å². The van der Waals surface area contributed by atoms with Gasteiger partial charge in [-0.05, 0) is 48.5 Å².